The van der Waals surface area contributed by atoms with Gasteiger partial charge in [0.25, 0.3) is 0 Å². The maximum absolute atomic E-state index is 5.97. The number of benzene rings is 1. The van der Waals surface area contributed by atoms with Gasteiger partial charge in [0.1, 0.15) is 5.76 Å². The summed E-state index contributed by atoms with van der Waals surface area (Å²) in [5, 5.41) is 8.34. The lowest BCUT2D eigenvalue weighted by Crippen LogP contribution is -2.39. The van der Waals surface area contributed by atoms with Crippen molar-refractivity contribution in [3.8, 4) is 10.8 Å². The van der Waals surface area contributed by atoms with E-state index in [4.69, 9.17) is 4.42 Å². The van der Waals surface area contributed by atoms with Gasteiger partial charge >= 0.3 is 0 Å². The van der Waals surface area contributed by atoms with Gasteiger partial charge in [-0.05, 0) is 42.9 Å². The highest BCUT2D eigenvalue weighted by Gasteiger charge is 2.16. The zero-order chi connectivity index (χ0) is 17.8. The number of aliphatic imine (C=N–C) groups is 1. The number of rotatable bonds is 5. The first kappa shape index (κ1) is 20.5. The summed E-state index contributed by atoms with van der Waals surface area (Å²) in [4.78, 5) is 8.94. The summed E-state index contributed by atoms with van der Waals surface area (Å²) >= 11 is 3.69. The van der Waals surface area contributed by atoms with Crippen LogP contribution in [0.15, 0.2) is 45.8 Å². The Bertz CT molecular complexity index is 869. The molecule has 2 aromatic heterocycles. The molecule has 0 aliphatic carbocycles. The summed E-state index contributed by atoms with van der Waals surface area (Å²) in [5.74, 6) is 3.78. The molecule has 0 amide bonds. The summed E-state index contributed by atoms with van der Waals surface area (Å²) < 4.78 is 7.14. The van der Waals surface area contributed by atoms with Crippen LogP contribution in [-0.2, 0) is 6.54 Å². The highest BCUT2D eigenvalue weighted by Crippen LogP contribution is 2.31. The van der Waals surface area contributed by atoms with Gasteiger partial charge in [-0.3, -0.25) is 4.99 Å². The summed E-state index contributed by atoms with van der Waals surface area (Å²) in [6, 6.07) is 12.1. The predicted octanol–water partition coefficient (Wildman–Crippen LogP) is 4.73. The topological polar surface area (TPSA) is 62.5 Å². The molecule has 4 rings (SSSR count). The van der Waals surface area contributed by atoms with Gasteiger partial charge in [0.15, 0.2) is 16.7 Å². The molecule has 1 unspecified atom stereocenters. The van der Waals surface area contributed by atoms with E-state index in [-0.39, 0.29) is 24.0 Å². The SMILES string of the molecule is CN=C(NCc1ccc(-c2nc3ccccc3s2)o1)NCC1CCCS1.I. The van der Waals surface area contributed by atoms with Gasteiger partial charge < -0.3 is 15.1 Å². The second-order valence-corrected chi connectivity index (χ2v) is 8.63. The molecule has 1 aromatic carbocycles. The van der Waals surface area contributed by atoms with Crippen LogP contribution in [0, 0.1) is 0 Å². The fraction of sp³-hybridized carbons (Fsp3) is 0.368. The van der Waals surface area contributed by atoms with Crippen LogP contribution < -0.4 is 10.6 Å². The fourth-order valence-corrected chi connectivity index (χ4v) is 5.10. The van der Waals surface area contributed by atoms with Crippen LogP contribution in [0.1, 0.15) is 18.6 Å². The van der Waals surface area contributed by atoms with E-state index in [2.05, 4.69) is 26.7 Å². The van der Waals surface area contributed by atoms with Gasteiger partial charge in [0.05, 0.1) is 16.8 Å². The number of aromatic nitrogens is 1. The van der Waals surface area contributed by atoms with Crippen molar-refractivity contribution in [2.24, 2.45) is 4.99 Å². The molecule has 2 N–H and O–H groups in total. The molecule has 27 heavy (non-hydrogen) atoms. The third-order valence-corrected chi connectivity index (χ3v) is 6.79. The monoisotopic (exact) mass is 514 g/mol. The Kier molecular flexibility index (Phi) is 7.42. The molecule has 144 valence electrons. The van der Waals surface area contributed by atoms with E-state index in [0.29, 0.717) is 11.8 Å². The number of halogens is 1. The lowest BCUT2D eigenvalue weighted by molar-refractivity contribution is 0.513. The molecule has 1 atom stereocenters. The molecule has 5 nitrogen and oxygen atoms in total. The second kappa shape index (κ2) is 9.79. The zero-order valence-corrected chi connectivity index (χ0v) is 19.1. The number of fused-ring (bicyclic) bond motifs is 1. The Labute approximate surface area is 184 Å². The largest absolute Gasteiger partial charge is 0.457 e. The van der Waals surface area contributed by atoms with Crippen molar-refractivity contribution in [2.75, 3.05) is 19.3 Å². The van der Waals surface area contributed by atoms with Crippen LogP contribution >= 0.6 is 47.1 Å². The molecule has 3 heterocycles. The molecule has 8 heteroatoms. The Hall–Kier alpha value is -1.26. The zero-order valence-electron chi connectivity index (χ0n) is 15.1. The minimum Gasteiger partial charge on any atom is -0.457 e. The maximum atomic E-state index is 5.97. The molecule has 1 aliphatic rings. The van der Waals surface area contributed by atoms with E-state index in [9.17, 15) is 0 Å². The number of furan rings is 1. The highest BCUT2D eigenvalue weighted by atomic mass is 127. The van der Waals surface area contributed by atoms with Crippen molar-refractivity contribution in [2.45, 2.75) is 24.6 Å². The first-order chi connectivity index (χ1) is 12.8. The van der Waals surface area contributed by atoms with E-state index in [1.54, 1.807) is 18.4 Å². The number of hydrogen-bond donors (Lipinski definition) is 2. The van der Waals surface area contributed by atoms with Crippen molar-refractivity contribution >= 4 is 63.3 Å². The van der Waals surface area contributed by atoms with Crippen LogP contribution in [0.5, 0.6) is 0 Å². The van der Waals surface area contributed by atoms with Crippen LogP contribution in [0.3, 0.4) is 0 Å². The number of thiazole rings is 1. The molecule has 1 saturated heterocycles. The quantitative estimate of drug-likeness (QED) is 0.293. The first-order valence-corrected chi connectivity index (χ1v) is 10.7. The Morgan fingerprint density at radius 1 is 1.26 bits per heavy atom. The molecule has 1 fully saturated rings. The third kappa shape index (κ3) is 5.17. The van der Waals surface area contributed by atoms with E-state index >= 15 is 0 Å². The van der Waals surface area contributed by atoms with E-state index in [0.717, 1.165) is 34.5 Å². The van der Waals surface area contributed by atoms with Gasteiger partial charge in [-0.15, -0.1) is 35.3 Å². The minimum absolute atomic E-state index is 0. The second-order valence-electron chi connectivity index (χ2n) is 6.19. The lowest BCUT2D eigenvalue weighted by Gasteiger charge is -2.14. The molecular weight excluding hydrogens is 491 g/mol. The maximum Gasteiger partial charge on any atom is 0.191 e. The Balaban J connectivity index is 0.00000210. The van der Waals surface area contributed by atoms with E-state index in [1.165, 1.54) is 23.3 Å². The van der Waals surface area contributed by atoms with Crippen molar-refractivity contribution in [1.29, 1.82) is 0 Å². The first-order valence-electron chi connectivity index (χ1n) is 8.82. The number of nitrogens with one attached hydrogen (secondary N) is 2. The van der Waals surface area contributed by atoms with Crippen LogP contribution in [-0.4, -0.2) is 35.5 Å². The van der Waals surface area contributed by atoms with Crippen molar-refractivity contribution in [3.63, 3.8) is 0 Å². The molecule has 0 spiro atoms. The summed E-state index contributed by atoms with van der Waals surface area (Å²) in [6.07, 6.45) is 2.61. The number of nitrogens with zero attached hydrogens (tertiary/aromatic N) is 2. The number of thioether (sulfide) groups is 1. The van der Waals surface area contributed by atoms with Gasteiger partial charge in [-0.1, -0.05) is 12.1 Å². The molecule has 0 saturated carbocycles. The molecule has 3 aromatic rings. The summed E-state index contributed by atoms with van der Waals surface area (Å²) in [5.41, 5.74) is 1.01. The van der Waals surface area contributed by atoms with Gasteiger partial charge in [-0.25, -0.2) is 4.98 Å². The van der Waals surface area contributed by atoms with Gasteiger partial charge in [0.2, 0.25) is 0 Å². The van der Waals surface area contributed by atoms with E-state index in [1.807, 2.05) is 42.1 Å². The summed E-state index contributed by atoms with van der Waals surface area (Å²) in [7, 11) is 1.80. The Morgan fingerprint density at radius 2 is 2.15 bits per heavy atom. The van der Waals surface area contributed by atoms with Crippen molar-refractivity contribution in [3.05, 3.63) is 42.2 Å². The minimum atomic E-state index is 0. The van der Waals surface area contributed by atoms with Gasteiger partial charge in [0, 0.05) is 18.8 Å². The lowest BCUT2D eigenvalue weighted by atomic mass is 10.2. The predicted molar refractivity (Wildman–Crippen MR) is 126 cm³/mol. The Morgan fingerprint density at radius 3 is 2.93 bits per heavy atom. The van der Waals surface area contributed by atoms with Crippen LogP contribution in [0.2, 0.25) is 0 Å². The van der Waals surface area contributed by atoms with Crippen LogP contribution in [0.4, 0.5) is 0 Å². The highest BCUT2D eigenvalue weighted by molar-refractivity contribution is 14.0. The molecule has 0 radical (unpaired) electrons. The number of guanidine groups is 1. The van der Waals surface area contributed by atoms with Gasteiger partial charge in [-0.2, -0.15) is 11.8 Å². The normalized spacial score (nSPS) is 17.1. The standard InChI is InChI=1S/C19H22N4OS2.HI/c1-20-19(22-12-14-5-4-10-25-14)21-11-13-8-9-16(24-13)18-23-15-6-2-3-7-17(15)26-18;/h2-3,6-9,14H,4-5,10-12H2,1H3,(H2,20,21,22);1H. The molecular formula is C19H23IN4OS2. The summed E-state index contributed by atoms with van der Waals surface area (Å²) in [6.45, 7) is 1.56. The fourth-order valence-electron chi connectivity index (χ4n) is 2.97. The number of para-hydroxylation sites is 1. The average Bonchev–Trinajstić information content (AvgIpc) is 3.41. The molecule has 0 bridgehead atoms. The molecule has 1 aliphatic heterocycles. The average molecular weight is 514 g/mol. The number of hydrogen-bond acceptors (Lipinski definition) is 5. The third-order valence-electron chi connectivity index (χ3n) is 4.34. The van der Waals surface area contributed by atoms with Crippen molar-refractivity contribution < 1.29 is 4.42 Å². The smallest absolute Gasteiger partial charge is 0.191 e. The van der Waals surface area contributed by atoms with E-state index < -0.39 is 0 Å². The van der Waals surface area contributed by atoms with Crippen LogP contribution in [0.25, 0.3) is 21.0 Å². The van der Waals surface area contributed by atoms with Crippen molar-refractivity contribution in [1.82, 2.24) is 15.6 Å².